The van der Waals surface area contributed by atoms with Crippen LogP contribution in [0.5, 0.6) is 5.75 Å². The van der Waals surface area contributed by atoms with Gasteiger partial charge in [0.2, 0.25) is 0 Å². The Hall–Kier alpha value is -3.68. The molecule has 1 unspecified atom stereocenters. The van der Waals surface area contributed by atoms with Crippen LogP contribution in [-0.2, 0) is 16.0 Å². The number of hydrogen-bond acceptors (Lipinski definition) is 5. The number of carbonyl (C=O) groups excluding carboxylic acids is 2. The lowest BCUT2D eigenvalue weighted by atomic mass is 9.82. The Balaban J connectivity index is 2.10. The molecular formula is C23H25N3O5. The van der Waals surface area contributed by atoms with Crippen molar-refractivity contribution in [1.82, 2.24) is 9.80 Å². The van der Waals surface area contributed by atoms with Crippen LogP contribution in [0.1, 0.15) is 24.5 Å². The summed E-state index contributed by atoms with van der Waals surface area (Å²) in [5, 5.41) is 11.5. The van der Waals surface area contributed by atoms with Crippen molar-refractivity contribution in [3.8, 4) is 5.75 Å². The minimum Gasteiger partial charge on any atom is -0.496 e. The molecule has 0 N–H and O–H groups in total. The summed E-state index contributed by atoms with van der Waals surface area (Å²) in [6.45, 7) is 1.87. The highest BCUT2D eigenvalue weighted by Gasteiger charge is 2.50. The van der Waals surface area contributed by atoms with Crippen molar-refractivity contribution in [3.05, 3.63) is 75.5 Å². The van der Waals surface area contributed by atoms with Gasteiger partial charge in [0, 0.05) is 26.6 Å². The van der Waals surface area contributed by atoms with E-state index < -0.39 is 10.5 Å². The van der Waals surface area contributed by atoms with Gasteiger partial charge in [0.25, 0.3) is 17.5 Å². The number of rotatable bonds is 6. The monoisotopic (exact) mass is 423 g/mol. The summed E-state index contributed by atoms with van der Waals surface area (Å²) in [6.07, 6.45) is 2.16. The third kappa shape index (κ3) is 3.76. The number of ether oxygens (including phenoxy) is 1. The van der Waals surface area contributed by atoms with Gasteiger partial charge >= 0.3 is 0 Å². The summed E-state index contributed by atoms with van der Waals surface area (Å²) >= 11 is 0. The average Bonchev–Trinajstić information content (AvgIpc) is 2.78. The van der Waals surface area contributed by atoms with Crippen LogP contribution in [0.3, 0.4) is 0 Å². The second-order valence-corrected chi connectivity index (χ2v) is 7.46. The molecule has 0 aromatic heterocycles. The molecule has 0 spiro atoms. The highest BCUT2D eigenvalue weighted by atomic mass is 16.6. The van der Waals surface area contributed by atoms with Gasteiger partial charge in [-0.3, -0.25) is 19.7 Å². The fraction of sp³-hybridized carbons (Fsp3) is 0.304. The van der Waals surface area contributed by atoms with Gasteiger partial charge < -0.3 is 14.5 Å². The first kappa shape index (κ1) is 22.0. The van der Waals surface area contributed by atoms with Crippen molar-refractivity contribution in [2.75, 3.05) is 21.2 Å². The van der Waals surface area contributed by atoms with E-state index >= 15 is 0 Å². The molecule has 1 atom stereocenters. The maximum absolute atomic E-state index is 13.5. The van der Waals surface area contributed by atoms with Crippen molar-refractivity contribution in [2.24, 2.45) is 0 Å². The SMILES string of the molecule is CCC1(Cc2ccccc2)C(=O)N(C)C(=Cc2c(OC)cccc2[N+](=O)[O-])C(=O)N1C. The molecule has 2 aromatic carbocycles. The molecule has 0 aliphatic carbocycles. The van der Waals surface area contributed by atoms with E-state index in [1.807, 2.05) is 37.3 Å². The maximum Gasteiger partial charge on any atom is 0.280 e. The maximum atomic E-state index is 13.5. The number of likely N-dealkylation sites (N-methyl/N-ethyl adjacent to an activating group) is 2. The standard InChI is InChI=1S/C23H25N3O5/c1-5-23(15-16-10-7-6-8-11-16)22(28)24(2)19(21(27)25(23)3)14-17-18(26(29)30)12-9-13-20(17)31-4/h6-14H,5,15H2,1-4H3. The number of hydrogen-bond donors (Lipinski definition) is 0. The minimum absolute atomic E-state index is 0.0530. The molecule has 1 fully saturated rings. The first-order valence-electron chi connectivity index (χ1n) is 9.90. The second-order valence-electron chi connectivity index (χ2n) is 7.46. The Morgan fingerprint density at radius 3 is 2.35 bits per heavy atom. The molecule has 1 aliphatic rings. The third-order valence-corrected chi connectivity index (χ3v) is 5.89. The normalized spacial score (nSPS) is 20.3. The van der Waals surface area contributed by atoms with E-state index in [4.69, 9.17) is 4.74 Å². The fourth-order valence-corrected chi connectivity index (χ4v) is 4.03. The molecule has 0 bridgehead atoms. The van der Waals surface area contributed by atoms with Crippen molar-refractivity contribution >= 4 is 23.6 Å². The van der Waals surface area contributed by atoms with Crippen molar-refractivity contribution in [3.63, 3.8) is 0 Å². The fourth-order valence-electron chi connectivity index (χ4n) is 4.03. The second kappa shape index (κ2) is 8.59. The largest absolute Gasteiger partial charge is 0.496 e. The summed E-state index contributed by atoms with van der Waals surface area (Å²) < 4.78 is 5.27. The number of nitro groups is 1. The van der Waals surface area contributed by atoms with Crippen molar-refractivity contribution in [2.45, 2.75) is 25.3 Å². The molecule has 3 rings (SSSR count). The summed E-state index contributed by atoms with van der Waals surface area (Å²) in [7, 11) is 4.52. The minimum atomic E-state index is -1.04. The lowest BCUT2D eigenvalue weighted by Gasteiger charge is -2.47. The van der Waals surface area contributed by atoms with E-state index in [2.05, 4.69) is 0 Å². The Morgan fingerprint density at radius 2 is 1.77 bits per heavy atom. The van der Waals surface area contributed by atoms with E-state index in [0.717, 1.165) is 5.56 Å². The summed E-state index contributed by atoms with van der Waals surface area (Å²) in [5.41, 5.74) is -0.119. The molecule has 8 heteroatoms. The van der Waals surface area contributed by atoms with Crippen LogP contribution in [0.15, 0.2) is 54.2 Å². The average molecular weight is 423 g/mol. The van der Waals surface area contributed by atoms with Crippen LogP contribution in [-0.4, -0.2) is 53.3 Å². The van der Waals surface area contributed by atoms with Crippen LogP contribution in [0.4, 0.5) is 5.69 Å². The highest BCUT2D eigenvalue weighted by molar-refractivity contribution is 6.09. The predicted molar refractivity (Wildman–Crippen MR) is 116 cm³/mol. The number of nitrogens with zero attached hydrogens (tertiary/aromatic N) is 3. The molecule has 1 saturated heterocycles. The zero-order valence-corrected chi connectivity index (χ0v) is 18.0. The number of piperazine rings is 1. The van der Waals surface area contributed by atoms with Crippen molar-refractivity contribution in [1.29, 1.82) is 0 Å². The molecule has 2 amide bonds. The van der Waals surface area contributed by atoms with Gasteiger partial charge in [0.15, 0.2) is 0 Å². The van der Waals surface area contributed by atoms with Gasteiger partial charge in [-0.25, -0.2) is 0 Å². The van der Waals surface area contributed by atoms with Gasteiger partial charge in [0.1, 0.15) is 17.0 Å². The molecule has 0 radical (unpaired) electrons. The topological polar surface area (TPSA) is 93.0 Å². The zero-order chi connectivity index (χ0) is 22.8. The van der Waals surface area contributed by atoms with Crippen LogP contribution in [0, 0.1) is 10.1 Å². The highest BCUT2D eigenvalue weighted by Crippen LogP contribution is 2.36. The summed E-state index contributed by atoms with van der Waals surface area (Å²) in [4.78, 5) is 40.7. The van der Waals surface area contributed by atoms with Gasteiger partial charge in [-0.2, -0.15) is 0 Å². The summed E-state index contributed by atoms with van der Waals surface area (Å²) in [6, 6.07) is 13.9. The molecular weight excluding hydrogens is 398 g/mol. The molecule has 31 heavy (non-hydrogen) atoms. The Kier molecular flexibility index (Phi) is 6.10. The number of nitro benzene ring substituents is 1. The molecule has 1 heterocycles. The van der Waals surface area contributed by atoms with Crippen molar-refractivity contribution < 1.29 is 19.2 Å². The number of amides is 2. The van der Waals surface area contributed by atoms with E-state index in [1.54, 1.807) is 13.1 Å². The number of carbonyl (C=O) groups is 2. The Labute approximate surface area is 180 Å². The molecule has 0 saturated carbocycles. The number of methoxy groups -OCH3 is 1. The van der Waals surface area contributed by atoms with E-state index in [0.29, 0.717) is 12.8 Å². The van der Waals surface area contributed by atoms with Gasteiger partial charge in [-0.15, -0.1) is 0 Å². The lowest BCUT2D eigenvalue weighted by Crippen LogP contribution is -2.65. The van der Waals surface area contributed by atoms with Gasteiger partial charge in [-0.05, 0) is 24.1 Å². The van der Waals surface area contributed by atoms with Crippen LogP contribution >= 0.6 is 0 Å². The number of benzene rings is 2. The molecule has 1 aliphatic heterocycles. The van der Waals surface area contributed by atoms with E-state index in [1.165, 1.54) is 42.2 Å². The van der Waals surface area contributed by atoms with Crippen LogP contribution < -0.4 is 4.74 Å². The van der Waals surface area contributed by atoms with E-state index in [-0.39, 0.29) is 34.5 Å². The van der Waals surface area contributed by atoms with E-state index in [9.17, 15) is 19.7 Å². The van der Waals surface area contributed by atoms with Crippen LogP contribution in [0.2, 0.25) is 0 Å². The predicted octanol–water partition coefficient (Wildman–Crippen LogP) is 3.27. The lowest BCUT2D eigenvalue weighted by molar-refractivity contribution is -0.385. The first-order chi connectivity index (χ1) is 14.8. The smallest absolute Gasteiger partial charge is 0.280 e. The van der Waals surface area contributed by atoms with Gasteiger partial charge in [-0.1, -0.05) is 43.3 Å². The Morgan fingerprint density at radius 1 is 1.10 bits per heavy atom. The Bertz CT molecular complexity index is 1050. The van der Waals surface area contributed by atoms with Gasteiger partial charge in [0.05, 0.1) is 17.6 Å². The molecule has 8 nitrogen and oxygen atoms in total. The molecule has 162 valence electrons. The zero-order valence-electron chi connectivity index (χ0n) is 18.0. The molecule has 2 aromatic rings. The van der Waals surface area contributed by atoms with Crippen LogP contribution in [0.25, 0.3) is 6.08 Å². The third-order valence-electron chi connectivity index (χ3n) is 5.89. The summed E-state index contributed by atoms with van der Waals surface area (Å²) in [5.74, 6) is -0.389. The quantitative estimate of drug-likeness (QED) is 0.404. The first-order valence-corrected chi connectivity index (χ1v) is 9.90.